The topological polar surface area (TPSA) is 25.8 Å². The van der Waals surface area contributed by atoms with E-state index in [-0.39, 0.29) is 5.92 Å². The molecule has 0 N–H and O–H groups in total. The van der Waals surface area contributed by atoms with E-state index in [0.29, 0.717) is 11.5 Å². The number of hydrogen-bond donors (Lipinski definition) is 0. The van der Waals surface area contributed by atoms with Crippen LogP contribution in [0.1, 0.15) is 31.3 Å². The Bertz CT molecular complexity index is 235. The third-order valence-corrected chi connectivity index (χ3v) is 1.39. The summed E-state index contributed by atoms with van der Waals surface area (Å²) in [6.45, 7) is 3.46. The van der Waals surface area contributed by atoms with Crippen molar-refractivity contribution in [2.24, 2.45) is 0 Å². The van der Waals surface area contributed by atoms with Gasteiger partial charge in [0.1, 0.15) is 12.5 Å². The minimum absolute atomic E-state index is 0.265. The molecule has 0 unspecified atom stereocenters. The van der Waals surface area contributed by atoms with Gasteiger partial charge in [0.2, 0.25) is 0 Å². The molecule has 0 fully saturated rings. The second-order valence-electron chi connectivity index (χ2n) is 2.69. The van der Waals surface area contributed by atoms with Crippen LogP contribution in [-0.4, -0.2) is 9.97 Å². The number of rotatable bonds is 2. The van der Waals surface area contributed by atoms with Crippen molar-refractivity contribution in [2.45, 2.75) is 26.4 Å². The normalized spacial score (nSPS) is 10.5. The molecule has 0 atom stereocenters. The van der Waals surface area contributed by atoms with E-state index >= 15 is 0 Å². The predicted molar refractivity (Wildman–Crippen MR) is 40.9 cm³/mol. The zero-order valence-corrected chi connectivity index (χ0v) is 6.71. The van der Waals surface area contributed by atoms with Crippen LogP contribution in [0.5, 0.6) is 0 Å². The summed E-state index contributed by atoms with van der Waals surface area (Å²) in [6.07, 6.45) is 1.59. The molecule has 0 aromatic carbocycles. The average Bonchev–Trinajstić information content (AvgIpc) is 2.05. The highest BCUT2D eigenvalue weighted by molar-refractivity contribution is 5.03. The van der Waals surface area contributed by atoms with Gasteiger partial charge >= 0.3 is 0 Å². The van der Waals surface area contributed by atoms with E-state index in [1.54, 1.807) is 12.3 Å². The van der Waals surface area contributed by atoms with Crippen LogP contribution in [0.25, 0.3) is 0 Å². The van der Waals surface area contributed by atoms with Gasteiger partial charge in [-0.25, -0.2) is 14.4 Å². The number of halogens is 1. The monoisotopic (exact) mass is 154 g/mol. The molecule has 0 saturated heterocycles. The third kappa shape index (κ3) is 1.97. The lowest BCUT2D eigenvalue weighted by Crippen LogP contribution is -1.98. The molecule has 1 aromatic rings. The highest BCUT2D eigenvalue weighted by Gasteiger charge is 2.02. The van der Waals surface area contributed by atoms with Crippen LogP contribution in [0.2, 0.25) is 0 Å². The molecule has 0 saturated carbocycles. The van der Waals surface area contributed by atoms with Crippen molar-refractivity contribution in [3.63, 3.8) is 0 Å². The minimum atomic E-state index is -0.512. The Hall–Kier alpha value is -0.990. The summed E-state index contributed by atoms with van der Waals surface area (Å²) in [5.41, 5.74) is 0.462. The van der Waals surface area contributed by atoms with E-state index in [1.807, 2.05) is 13.8 Å². The first-order valence-corrected chi connectivity index (χ1v) is 3.62. The van der Waals surface area contributed by atoms with Crippen molar-refractivity contribution < 1.29 is 4.39 Å². The maximum Gasteiger partial charge on any atom is 0.132 e. The Labute approximate surface area is 65.5 Å². The zero-order valence-electron chi connectivity index (χ0n) is 6.71. The standard InChI is InChI=1S/C8H11FN2/c1-6(2)8-10-4-3-7(5-9)11-8/h3-4,6H,5H2,1-2H3. The SMILES string of the molecule is CC(C)c1nccc(CF)n1. The fourth-order valence-electron chi connectivity index (χ4n) is 0.766. The molecule has 2 nitrogen and oxygen atoms in total. The van der Waals surface area contributed by atoms with Crippen LogP contribution < -0.4 is 0 Å². The van der Waals surface area contributed by atoms with Crippen LogP contribution in [0, 0.1) is 0 Å². The zero-order chi connectivity index (χ0) is 8.27. The summed E-state index contributed by atoms with van der Waals surface area (Å²) in [6, 6.07) is 1.59. The Balaban J connectivity index is 2.91. The fraction of sp³-hybridized carbons (Fsp3) is 0.500. The average molecular weight is 154 g/mol. The molecule has 0 bridgehead atoms. The number of aromatic nitrogens is 2. The van der Waals surface area contributed by atoms with Gasteiger partial charge < -0.3 is 0 Å². The van der Waals surface area contributed by atoms with Crippen molar-refractivity contribution in [1.82, 2.24) is 9.97 Å². The molecule has 1 heterocycles. The van der Waals surface area contributed by atoms with Crippen molar-refractivity contribution in [3.05, 3.63) is 23.8 Å². The molecule has 0 aliphatic rings. The predicted octanol–water partition coefficient (Wildman–Crippen LogP) is 2.07. The molecule has 0 amide bonds. The van der Waals surface area contributed by atoms with Crippen molar-refractivity contribution in [2.75, 3.05) is 0 Å². The maximum atomic E-state index is 12.1. The van der Waals surface area contributed by atoms with Gasteiger partial charge in [-0.1, -0.05) is 13.8 Å². The molecule has 1 aromatic heterocycles. The lowest BCUT2D eigenvalue weighted by atomic mass is 10.2. The summed E-state index contributed by atoms with van der Waals surface area (Å²) >= 11 is 0. The molecule has 0 spiro atoms. The molecule has 3 heteroatoms. The van der Waals surface area contributed by atoms with E-state index in [1.165, 1.54) is 0 Å². The summed E-state index contributed by atoms with van der Waals surface area (Å²) in [5, 5.41) is 0. The van der Waals surface area contributed by atoms with Gasteiger partial charge in [0.05, 0.1) is 5.69 Å². The molecular formula is C8H11FN2. The van der Waals surface area contributed by atoms with Gasteiger partial charge in [0, 0.05) is 12.1 Å². The molecule has 0 radical (unpaired) electrons. The van der Waals surface area contributed by atoms with Crippen LogP contribution in [0.3, 0.4) is 0 Å². The lowest BCUT2D eigenvalue weighted by molar-refractivity contribution is 0.473. The maximum absolute atomic E-state index is 12.1. The Morgan fingerprint density at radius 1 is 1.55 bits per heavy atom. The van der Waals surface area contributed by atoms with Crippen LogP contribution in [0.4, 0.5) is 4.39 Å². The first kappa shape index (κ1) is 8.11. The van der Waals surface area contributed by atoms with E-state index in [2.05, 4.69) is 9.97 Å². The van der Waals surface area contributed by atoms with E-state index in [0.717, 1.165) is 0 Å². The van der Waals surface area contributed by atoms with Crippen LogP contribution in [-0.2, 0) is 6.67 Å². The molecule has 11 heavy (non-hydrogen) atoms. The minimum Gasteiger partial charge on any atom is -0.244 e. The summed E-state index contributed by atoms with van der Waals surface area (Å²) in [4.78, 5) is 8.01. The molecular weight excluding hydrogens is 143 g/mol. The van der Waals surface area contributed by atoms with Crippen LogP contribution in [0.15, 0.2) is 12.3 Å². The Kier molecular flexibility index (Phi) is 2.52. The molecule has 1 rings (SSSR count). The quantitative estimate of drug-likeness (QED) is 0.651. The smallest absolute Gasteiger partial charge is 0.132 e. The summed E-state index contributed by atoms with van der Waals surface area (Å²) in [7, 11) is 0. The molecule has 0 aliphatic carbocycles. The van der Waals surface area contributed by atoms with E-state index in [9.17, 15) is 4.39 Å². The number of alkyl halides is 1. The van der Waals surface area contributed by atoms with E-state index in [4.69, 9.17) is 0 Å². The molecule has 60 valence electrons. The second-order valence-corrected chi connectivity index (χ2v) is 2.69. The first-order chi connectivity index (χ1) is 5.24. The van der Waals surface area contributed by atoms with Gasteiger partial charge in [-0.2, -0.15) is 0 Å². The van der Waals surface area contributed by atoms with Crippen molar-refractivity contribution in [3.8, 4) is 0 Å². The van der Waals surface area contributed by atoms with Gasteiger partial charge in [-0.15, -0.1) is 0 Å². The fourth-order valence-corrected chi connectivity index (χ4v) is 0.766. The molecule has 0 aliphatic heterocycles. The van der Waals surface area contributed by atoms with Crippen molar-refractivity contribution in [1.29, 1.82) is 0 Å². The highest BCUT2D eigenvalue weighted by atomic mass is 19.1. The Morgan fingerprint density at radius 2 is 2.27 bits per heavy atom. The summed E-state index contributed by atoms with van der Waals surface area (Å²) < 4.78 is 12.1. The lowest BCUT2D eigenvalue weighted by Gasteiger charge is -2.02. The van der Waals surface area contributed by atoms with Gasteiger partial charge in [0.25, 0.3) is 0 Å². The van der Waals surface area contributed by atoms with Crippen LogP contribution >= 0.6 is 0 Å². The largest absolute Gasteiger partial charge is 0.244 e. The van der Waals surface area contributed by atoms with Gasteiger partial charge in [0.15, 0.2) is 0 Å². The van der Waals surface area contributed by atoms with Gasteiger partial charge in [-0.3, -0.25) is 0 Å². The number of hydrogen-bond acceptors (Lipinski definition) is 2. The number of nitrogens with zero attached hydrogens (tertiary/aromatic N) is 2. The van der Waals surface area contributed by atoms with Crippen molar-refractivity contribution >= 4 is 0 Å². The second kappa shape index (κ2) is 3.42. The first-order valence-electron chi connectivity index (χ1n) is 3.62. The van der Waals surface area contributed by atoms with Gasteiger partial charge in [-0.05, 0) is 6.07 Å². The Morgan fingerprint density at radius 3 is 2.82 bits per heavy atom. The van der Waals surface area contributed by atoms with E-state index < -0.39 is 6.67 Å². The summed E-state index contributed by atoms with van der Waals surface area (Å²) in [5.74, 6) is 0.974. The third-order valence-electron chi connectivity index (χ3n) is 1.39. The highest BCUT2D eigenvalue weighted by Crippen LogP contribution is 2.08.